The van der Waals surface area contributed by atoms with Crippen molar-refractivity contribution in [3.05, 3.63) is 24.2 Å². The van der Waals surface area contributed by atoms with Crippen molar-refractivity contribution in [1.82, 2.24) is 20.0 Å². The molecular weight excluding hydrogens is 485 g/mol. The Labute approximate surface area is 190 Å². The van der Waals surface area contributed by atoms with Gasteiger partial charge in [0.25, 0.3) is 5.91 Å². The van der Waals surface area contributed by atoms with Crippen LogP contribution in [0.1, 0.15) is 31.3 Å². The lowest BCUT2D eigenvalue weighted by Gasteiger charge is -2.38. The molecule has 2 fully saturated rings. The van der Waals surface area contributed by atoms with Gasteiger partial charge in [-0.15, -0.1) is 24.0 Å². The molecule has 9 heteroatoms. The van der Waals surface area contributed by atoms with Gasteiger partial charge in [0.2, 0.25) is 0 Å². The second-order valence-corrected chi connectivity index (χ2v) is 7.46. The van der Waals surface area contributed by atoms with Crippen LogP contribution in [0.15, 0.2) is 27.8 Å². The molecule has 3 rings (SSSR count). The number of amides is 1. The normalized spacial score (nSPS) is 22.2. The number of hydrogen-bond donors (Lipinski definition) is 1. The van der Waals surface area contributed by atoms with E-state index in [2.05, 4.69) is 35.9 Å². The highest BCUT2D eigenvalue weighted by Gasteiger charge is 2.26. The summed E-state index contributed by atoms with van der Waals surface area (Å²) in [7, 11) is 0. The van der Waals surface area contributed by atoms with Crippen LogP contribution in [-0.2, 0) is 4.74 Å². The van der Waals surface area contributed by atoms with Crippen molar-refractivity contribution in [2.45, 2.75) is 32.9 Å². The summed E-state index contributed by atoms with van der Waals surface area (Å²) in [4.78, 5) is 23.9. The number of furan rings is 1. The fourth-order valence-corrected chi connectivity index (χ4v) is 3.82. The third kappa shape index (κ3) is 6.32. The van der Waals surface area contributed by atoms with Gasteiger partial charge >= 0.3 is 0 Å². The Morgan fingerprint density at radius 2 is 2.00 bits per heavy atom. The molecule has 1 aromatic heterocycles. The fourth-order valence-electron chi connectivity index (χ4n) is 3.82. The molecule has 0 aliphatic carbocycles. The molecule has 2 aliphatic rings. The minimum Gasteiger partial charge on any atom is -0.459 e. The lowest BCUT2D eigenvalue weighted by Crippen LogP contribution is -2.54. The molecule has 8 nitrogen and oxygen atoms in total. The van der Waals surface area contributed by atoms with Crippen molar-refractivity contribution < 1.29 is 13.9 Å². The molecule has 2 unspecified atom stereocenters. The molecule has 0 aromatic carbocycles. The predicted octanol–water partition coefficient (Wildman–Crippen LogP) is 1.73. The van der Waals surface area contributed by atoms with Crippen molar-refractivity contribution in [3.8, 4) is 0 Å². The monoisotopic (exact) mass is 519 g/mol. The first-order valence-electron chi connectivity index (χ1n) is 10.3. The highest BCUT2D eigenvalue weighted by molar-refractivity contribution is 14.0. The van der Waals surface area contributed by atoms with Crippen LogP contribution in [0.3, 0.4) is 0 Å². The Balaban J connectivity index is 0.00000300. The summed E-state index contributed by atoms with van der Waals surface area (Å²) in [6.07, 6.45) is 1.54. The van der Waals surface area contributed by atoms with Gasteiger partial charge in [-0.05, 0) is 32.9 Å². The van der Waals surface area contributed by atoms with Crippen molar-refractivity contribution in [3.63, 3.8) is 0 Å². The standard InChI is InChI=1S/C20H33N5O3.HI/c1-4-21-20(22-14-16(2)25-11-13-27-15-17(25)3)24-9-7-23(8-10-24)19(26)18-6-5-12-28-18;/h5-6,12,16-17H,4,7-11,13-15H2,1-3H3,(H,21,22);1H. The number of carbonyl (C=O) groups excluding carboxylic acids is 1. The minimum atomic E-state index is -0.0403. The Hall–Kier alpha value is -1.33. The molecular formula is C20H34IN5O3. The number of nitrogens with zero attached hydrogens (tertiary/aromatic N) is 4. The number of nitrogens with one attached hydrogen (secondary N) is 1. The second-order valence-electron chi connectivity index (χ2n) is 7.46. The molecule has 0 spiro atoms. The highest BCUT2D eigenvalue weighted by Crippen LogP contribution is 2.12. The SMILES string of the molecule is CCNC(=NCC(C)N1CCOCC1C)N1CCN(C(=O)c2ccco2)CC1.I. The number of carbonyl (C=O) groups is 1. The molecule has 1 N–H and O–H groups in total. The molecule has 0 bridgehead atoms. The van der Waals surface area contributed by atoms with Gasteiger partial charge in [0.15, 0.2) is 11.7 Å². The summed E-state index contributed by atoms with van der Waals surface area (Å²) >= 11 is 0. The largest absolute Gasteiger partial charge is 0.459 e. The van der Waals surface area contributed by atoms with Crippen LogP contribution in [0.2, 0.25) is 0 Å². The van der Waals surface area contributed by atoms with Gasteiger partial charge in [0.05, 0.1) is 26.0 Å². The molecule has 29 heavy (non-hydrogen) atoms. The number of ether oxygens (including phenoxy) is 1. The number of halogens is 1. The second kappa shape index (κ2) is 11.8. The van der Waals surface area contributed by atoms with Crippen LogP contribution < -0.4 is 5.32 Å². The van der Waals surface area contributed by atoms with Crippen LogP contribution in [0, 0.1) is 0 Å². The first kappa shape index (κ1) is 23.9. The first-order valence-corrected chi connectivity index (χ1v) is 10.3. The van der Waals surface area contributed by atoms with E-state index in [1.54, 1.807) is 12.1 Å². The van der Waals surface area contributed by atoms with E-state index >= 15 is 0 Å². The van der Waals surface area contributed by atoms with Gasteiger partial charge in [0, 0.05) is 51.4 Å². The summed E-state index contributed by atoms with van der Waals surface area (Å²) in [6.45, 7) is 13.5. The van der Waals surface area contributed by atoms with Crippen molar-refractivity contribution in [2.75, 3.05) is 59.0 Å². The summed E-state index contributed by atoms with van der Waals surface area (Å²) in [6, 6.07) is 4.26. The third-order valence-electron chi connectivity index (χ3n) is 5.42. The van der Waals surface area contributed by atoms with E-state index in [1.165, 1.54) is 6.26 Å². The molecule has 2 atom stereocenters. The molecule has 2 aliphatic heterocycles. The average molecular weight is 519 g/mol. The van der Waals surface area contributed by atoms with Crippen molar-refractivity contribution in [1.29, 1.82) is 0 Å². The molecule has 2 saturated heterocycles. The topological polar surface area (TPSA) is 73.6 Å². The quantitative estimate of drug-likeness (QED) is 0.363. The lowest BCUT2D eigenvalue weighted by molar-refractivity contribution is -0.0166. The van der Waals surface area contributed by atoms with E-state index in [9.17, 15) is 4.79 Å². The van der Waals surface area contributed by atoms with Gasteiger partial charge in [-0.2, -0.15) is 0 Å². The van der Waals surface area contributed by atoms with Gasteiger partial charge in [-0.25, -0.2) is 0 Å². The smallest absolute Gasteiger partial charge is 0.289 e. The zero-order valence-electron chi connectivity index (χ0n) is 17.7. The molecule has 0 saturated carbocycles. The van der Waals surface area contributed by atoms with E-state index in [-0.39, 0.29) is 29.9 Å². The van der Waals surface area contributed by atoms with Crippen LogP contribution in [0.4, 0.5) is 0 Å². The Morgan fingerprint density at radius 3 is 2.62 bits per heavy atom. The fraction of sp³-hybridized carbons (Fsp3) is 0.700. The maximum Gasteiger partial charge on any atom is 0.289 e. The van der Waals surface area contributed by atoms with E-state index < -0.39 is 0 Å². The van der Waals surface area contributed by atoms with Crippen molar-refractivity contribution in [2.24, 2.45) is 4.99 Å². The van der Waals surface area contributed by atoms with Crippen LogP contribution in [0.25, 0.3) is 0 Å². The maximum absolute atomic E-state index is 12.4. The summed E-state index contributed by atoms with van der Waals surface area (Å²) < 4.78 is 10.8. The Bertz CT molecular complexity index is 647. The molecule has 1 aromatic rings. The van der Waals surface area contributed by atoms with E-state index in [4.69, 9.17) is 14.1 Å². The highest BCUT2D eigenvalue weighted by atomic mass is 127. The lowest BCUT2D eigenvalue weighted by atomic mass is 10.2. The number of morpholine rings is 1. The molecule has 0 radical (unpaired) electrons. The zero-order valence-corrected chi connectivity index (χ0v) is 20.0. The Kier molecular flexibility index (Phi) is 9.70. The molecule has 1 amide bonds. The number of guanidine groups is 1. The van der Waals surface area contributed by atoms with E-state index in [0.717, 1.165) is 51.9 Å². The number of piperazine rings is 1. The summed E-state index contributed by atoms with van der Waals surface area (Å²) in [5.41, 5.74) is 0. The minimum absolute atomic E-state index is 0. The average Bonchev–Trinajstić information content (AvgIpc) is 3.26. The van der Waals surface area contributed by atoms with Crippen LogP contribution in [-0.4, -0.2) is 97.7 Å². The van der Waals surface area contributed by atoms with Gasteiger partial charge in [0.1, 0.15) is 0 Å². The number of hydrogen-bond acceptors (Lipinski definition) is 5. The van der Waals surface area contributed by atoms with Gasteiger partial charge in [-0.3, -0.25) is 14.7 Å². The zero-order chi connectivity index (χ0) is 19.9. The van der Waals surface area contributed by atoms with Gasteiger partial charge in [-0.1, -0.05) is 0 Å². The molecule has 3 heterocycles. The van der Waals surface area contributed by atoms with E-state index in [0.29, 0.717) is 30.9 Å². The van der Waals surface area contributed by atoms with Crippen LogP contribution >= 0.6 is 24.0 Å². The summed E-state index contributed by atoms with van der Waals surface area (Å²) in [5.74, 6) is 1.30. The summed E-state index contributed by atoms with van der Waals surface area (Å²) in [5, 5.41) is 3.40. The predicted molar refractivity (Wildman–Crippen MR) is 124 cm³/mol. The number of rotatable bonds is 5. The number of aliphatic imine (C=N–C) groups is 1. The molecule has 164 valence electrons. The van der Waals surface area contributed by atoms with Crippen molar-refractivity contribution >= 4 is 35.8 Å². The maximum atomic E-state index is 12.4. The van der Waals surface area contributed by atoms with Gasteiger partial charge < -0.3 is 24.3 Å². The Morgan fingerprint density at radius 1 is 1.28 bits per heavy atom. The first-order chi connectivity index (χ1) is 13.6. The van der Waals surface area contributed by atoms with E-state index in [1.807, 2.05) is 4.90 Å². The van der Waals surface area contributed by atoms with Crippen LogP contribution in [0.5, 0.6) is 0 Å². The third-order valence-corrected chi connectivity index (χ3v) is 5.42.